The van der Waals surface area contributed by atoms with Crippen molar-refractivity contribution in [3.05, 3.63) is 28.8 Å². The first-order valence-electron chi connectivity index (χ1n) is 8.04. The van der Waals surface area contributed by atoms with Crippen LogP contribution in [0.3, 0.4) is 0 Å². The Morgan fingerprint density at radius 2 is 2.14 bits per heavy atom. The molecule has 1 aromatic rings. The maximum absolute atomic E-state index is 5.72. The zero-order chi connectivity index (χ0) is 15.5. The maximum atomic E-state index is 5.72. The largest absolute Gasteiger partial charge is 0.496 e. The lowest BCUT2D eigenvalue weighted by atomic mass is 9.86. The van der Waals surface area contributed by atoms with Crippen LogP contribution < -0.4 is 10.1 Å². The summed E-state index contributed by atoms with van der Waals surface area (Å²) in [4.78, 5) is 0. The van der Waals surface area contributed by atoms with Gasteiger partial charge >= 0.3 is 0 Å². The molecule has 2 rings (SSSR count). The van der Waals surface area contributed by atoms with E-state index in [0.717, 1.165) is 18.7 Å². The molecule has 0 aromatic heterocycles. The Morgan fingerprint density at radius 1 is 1.38 bits per heavy atom. The van der Waals surface area contributed by atoms with Gasteiger partial charge in [0.1, 0.15) is 5.75 Å². The molecule has 1 heterocycles. The van der Waals surface area contributed by atoms with E-state index in [1.165, 1.54) is 35.3 Å². The van der Waals surface area contributed by atoms with E-state index in [0.29, 0.717) is 6.04 Å². The van der Waals surface area contributed by atoms with Crippen LogP contribution in [0.4, 0.5) is 0 Å². The van der Waals surface area contributed by atoms with Gasteiger partial charge in [-0.1, -0.05) is 13.0 Å². The fourth-order valence-corrected chi connectivity index (χ4v) is 4.83. The number of aryl methyl sites for hydroxylation is 2. The minimum atomic E-state index is 0.266. The number of nitrogens with one attached hydrogen (secondary N) is 1. The van der Waals surface area contributed by atoms with E-state index in [2.05, 4.69) is 56.9 Å². The second kappa shape index (κ2) is 7.06. The Hall–Kier alpha value is -0.670. The van der Waals surface area contributed by atoms with Gasteiger partial charge < -0.3 is 10.1 Å². The summed E-state index contributed by atoms with van der Waals surface area (Å²) >= 11 is 2.11. The first kappa shape index (κ1) is 16.7. The summed E-state index contributed by atoms with van der Waals surface area (Å²) in [5.74, 6) is 2.31. The molecular weight excluding hydrogens is 278 g/mol. The average molecular weight is 308 g/mol. The first-order valence-corrected chi connectivity index (χ1v) is 9.03. The summed E-state index contributed by atoms with van der Waals surface area (Å²) in [6.45, 7) is 10.1. The van der Waals surface area contributed by atoms with Crippen LogP contribution >= 0.6 is 11.8 Å². The van der Waals surface area contributed by atoms with Gasteiger partial charge in [-0.05, 0) is 69.5 Å². The van der Waals surface area contributed by atoms with Gasteiger partial charge in [-0.2, -0.15) is 11.8 Å². The minimum Gasteiger partial charge on any atom is -0.496 e. The van der Waals surface area contributed by atoms with Crippen LogP contribution in [0.2, 0.25) is 0 Å². The van der Waals surface area contributed by atoms with Gasteiger partial charge in [-0.15, -0.1) is 0 Å². The highest BCUT2D eigenvalue weighted by Gasteiger charge is 2.40. The molecule has 0 amide bonds. The summed E-state index contributed by atoms with van der Waals surface area (Å²) in [6, 6.07) is 4.81. The number of benzene rings is 1. The molecule has 1 fully saturated rings. The molecule has 118 valence electrons. The van der Waals surface area contributed by atoms with Crippen LogP contribution in [-0.4, -0.2) is 24.2 Å². The van der Waals surface area contributed by atoms with E-state index in [-0.39, 0.29) is 4.75 Å². The van der Waals surface area contributed by atoms with Gasteiger partial charge in [-0.25, -0.2) is 0 Å². The van der Waals surface area contributed by atoms with Crippen molar-refractivity contribution in [1.29, 1.82) is 0 Å². The highest BCUT2D eigenvalue weighted by Crippen LogP contribution is 2.49. The van der Waals surface area contributed by atoms with Gasteiger partial charge in [0.15, 0.2) is 0 Å². The quantitative estimate of drug-likeness (QED) is 0.827. The lowest BCUT2D eigenvalue weighted by Gasteiger charge is -2.36. The normalized spacial score (nSPS) is 23.3. The monoisotopic (exact) mass is 307 g/mol. The molecule has 0 radical (unpaired) electrons. The molecule has 1 aliphatic rings. The SMILES string of the molecule is CCCNC(c1c(C)cc(C)cc1OC)C1(C)CCCS1. The van der Waals surface area contributed by atoms with Crippen LogP contribution in [-0.2, 0) is 0 Å². The Morgan fingerprint density at radius 3 is 2.71 bits per heavy atom. The Balaban J connectivity index is 2.45. The van der Waals surface area contributed by atoms with Crippen LogP contribution in [0.5, 0.6) is 5.75 Å². The van der Waals surface area contributed by atoms with E-state index in [4.69, 9.17) is 4.74 Å². The van der Waals surface area contributed by atoms with Gasteiger partial charge in [0.2, 0.25) is 0 Å². The molecule has 2 unspecified atom stereocenters. The van der Waals surface area contributed by atoms with Gasteiger partial charge in [0.25, 0.3) is 0 Å². The summed E-state index contributed by atoms with van der Waals surface area (Å²) < 4.78 is 5.99. The van der Waals surface area contributed by atoms with Gasteiger partial charge in [0, 0.05) is 10.3 Å². The molecule has 1 aromatic carbocycles. The van der Waals surface area contributed by atoms with E-state index in [9.17, 15) is 0 Å². The number of ether oxygens (including phenoxy) is 1. The third-order valence-corrected chi connectivity index (χ3v) is 6.05. The summed E-state index contributed by atoms with van der Waals surface area (Å²) in [5, 5.41) is 3.80. The van der Waals surface area contributed by atoms with E-state index in [1.807, 2.05) is 0 Å². The molecule has 0 aliphatic carbocycles. The molecule has 1 aliphatic heterocycles. The fraction of sp³-hybridized carbons (Fsp3) is 0.667. The van der Waals surface area contributed by atoms with Crippen molar-refractivity contribution in [2.24, 2.45) is 0 Å². The molecule has 1 N–H and O–H groups in total. The fourth-order valence-electron chi connectivity index (χ4n) is 3.42. The molecule has 3 heteroatoms. The molecule has 21 heavy (non-hydrogen) atoms. The highest BCUT2D eigenvalue weighted by molar-refractivity contribution is 8.00. The predicted molar refractivity (Wildman–Crippen MR) is 93.6 cm³/mol. The number of methoxy groups -OCH3 is 1. The van der Waals surface area contributed by atoms with Crippen molar-refractivity contribution in [2.45, 2.75) is 57.7 Å². The number of rotatable bonds is 6. The lowest BCUT2D eigenvalue weighted by molar-refractivity contribution is 0.370. The zero-order valence-corrected chi connectivity index (χ0v) is 14.9. The third kappa shape index (κ3) is 3.57. The number of hydrogen-bond acceptors (Lipinski definition) is 3. The van der Waals surface area contributed by atoms with Crippen molar-refractivity contribution < 1.29 is 4.74 Å². The first-order chi connectivity index (χ1) is 10.0. The standard InChI is InChI=1S/C18H29NOS/c1-6-9-19-17(18(4)8-7-10-21-18)16-14(3)11-13(2)12-15(16)20-5/h11-12,17,19H,6-10H2,1-5H3. The molecule has 0 saturated carbocycles. The van der Waals surface area contributed by atoms with Crippen molar-refractivity contribution in [1.82, 2.24) is 5.32 Å². The number of hydrogen-bond donors (Lipinski definition) is 1. The van der Waals surface area contributed by atoms with Crippen LogP contribution in [0.15, 0.2) is 12.1 Å². The van der Waals surface area contributed by atoms with Crippen molar-refractivity contribution in [3.63, 3.8) is 0 Å². The Kier molecular flexibility index (Phi) is 5.61. The smallest absolute Gasteiger partial charge is 0.124 e. The van der Waals surface area contributed by atoms with Crippen LogP contribution in [0.1, 0.15) is 55.8 Å². The third-order valence-electron chi connectivity index (χ3n) is 4.46. The zero-order valence-electron chi connectivity index (χ0n) is 14.1. The number of thioether (sulfide) groups is 1. The Bertz CT molecular complexity index is 480. The summed E-state index contributed by atoms with van der Waals surface area (Å²) in [7, 11) is 1.79. The average Bonchev–Trinajstić information content (AvgIpc) is 2.88. The topological polar surface area (TPSA) is 21.3 Å². The predicted octanol–water partition coefficient (Wildman–Crippen LogP) is 4.64. The van der Waals surface area contributed by atoms with E-state index in [1.54, 1.807) is 7.11 Å². The Labute approximate surface area is 134 Å². The summed E-state index contributed by atoms with van der Waals surface area (Å²) in [6.07, 6.45) is 3.75. The van der Waals surface area contributed by atoms with Crippen LogP contribution in [0.25, 0.3) is 0 Å². The second-order valence-corrected chi connectivity index (χ2v) is 7.98. The van der Waals surface area contributed by atoms with E-state index < -0.39 is 0 Å². The molecule has 0 spiro atoms. The van der Waals surface area contributed by atoms with E-state index >= 15 is 0 Å². The highest BCUT2D eigenvalue weighted by atomic mass is 32.2. The minimum absolute atomic E-state index is 0.266. The molecule has 1 saturated heterocycles. The second-order valence-electron chi connectivity index (χ2n) is 6.35. The molecule has 2 nitrogen and oxygen atoms in total. The van der Waals surface area contributed by atoms with Gasteiger partial charge in [0.05, 0.1) is 13.2 Å². The van der Waals surface area contributed by atoms with Crippen molar-refractivity contribution in [2.75, 3.05) is 19.4 Å². The summed E-state index contributed by atoms with van der Waals surface area (Å²) in [5.41, 5.74) is 3.97. The molecule has 0 bridgehead atoms. The molecular formula is C18H29NOS. The maximum Gasteiger partial charge on any atom is 0.124 e. The van der Waals surface area contributed by atoms with Gasteiger partial charge in [-0.3, -0.25) is 0 Å². The lowest BCUT2D eigenvalue weighted by Crippen LogP contribution is -2.38. The van der Waals surface area contributed by atoms with Crippen molar-refractivity contribution in [3.8, 4) is 5.75 Å². The van der Waals surface area contributed by atoms with Crippen LogP contribution in [0, 0.1) is 13.8 Å². The van der Waals surface area contributed by atoms with Crippen molar-refractivity contribution >= 4 is 11.8 Å². The molecule has 2 atom stereocenters.